The zero-order chi connectivity index (χ0) is 44.1. The van der Waals surface area contributed by atoms with E-state index < -0.39 is 114 Å². The maximum atomic E-state index is 15.0. The van der Waals surface area contributed by atoms with Gasteiger partial charge in [-0.3, -0.25) is 19.1 Å². The van der Waals surface area contributed by atoms with E-state index >= 15 is 0 Å². The molecule has 60 heavy (non-hydrogen) atoms. The second kappa shape index (κ2) is 16.7. The Labute approximate surface area is 341 Å². The first-order chi connectivity index (χ1) is 28.0. The van der Waals surface area contributed by atoms with Crippen molar-refractivity contribution in [1.82, 2.24) is 29.9 Å². The minimum atomic E-state index is -5.14. The van der Waals surface area contributed by atoms with E-state index in [0.717, 1.165) is 18.4 Å². The lowest BCUT2D eigenvalue weighted by Crippen LogP contribution is -2.35. The highest BCUT2D eigenvalue weighted by atomic mass is 35.5. The van der Waals surface area contributed by atoms with Crippen LogP contribution in [0.3, 0.4) is 0 Å². The molecule has 5 aromatic rings. The number of fused-ring (bicyclic) bond motifs is 2. The monoisotopic (exact) mass is 895 g/mol. The fourth-order valence-electron chi connectivity index (χ4n) is 7.05. The van der Waals surface area contributed by atoms with Crippen LogP contribution in [0.1, 0.15) is 60.2 Å². The standard InChI is InChI=1S/C37H32ClF10N7O4S/c1-4-21-6-7-22(23-8-9-25(38)28-30(23)54(17-36(43,44)45)52-33(28)55(60(3)58)34(57)59-5-2)29(49-21)26(14-18-12-19(39)15-20(40)13-18)50-27(56)16-53-32-24(10-11-35(32,41)42)31(51-53)37(46,47)48/h6-9,12-13,15,26H,4-5,10-11,14,16-17H2,1-3H3,(H,50,56). The van der Waals surface area contributed by atoms with E-state index in [1.54, 1.807) is 6.92 Å². The molecule has 23 heteroatoms. The smallest absolute Gasteiger partial charge is 0.435 e. The lowest BCUT2D eigenvalue weighted by atomic mass is 9.93. The van der Waals surface area contributed by atoms with Crippen molar-refractivity contribution < 1.29 is 62.4 Å². The van der Waals surface area contributed by atoms with Crippen LogP contribution >= 0.6 is 11.6 Å². The number of benzene rings is 2. The first-order valence-electron chi connectivity index (χ1n) is 17.9. The molecule has 0 radical (unpaired) electrons. The fourth-order valence-corrected chi connectivity index (χ4v) is 7.92. The predicted octanol–water partition coefficient (Wildman–Crippen LogP) is 8.76. The number of ether oxygens (including phenoxy) is 1. The molecule has 1 aliphatic carbocycles. The number of hydrogen-bond acceptors (Lipinski definition) is 7. The van der Waals surface area contributed by atoms with Crippen LogP contribution in [0.2, 0.25) is 5.02 Å². The Balaban J connectivity index is 1.56. The normalized spacial score (nSPS) is 14.9. The molecule has 322 valence electrons. The van der Waals surface area contributed by atoms with Gasteiger partial charge in [0.25, 0.3) is 5.92 Å². The number of rotatable bonds is 12. The molecule has 0 saturated carbocycles. The molecule has 0 bridgehead atoms. The summed E-state index contributed by atoms with van der Waals surface area (Å²) in [5.41, 5.74) is -3.95. The van der Waals surface area contributed by atoms with Crippen LogP contribution in [0, 0.1) is 11.6 Å². The molecule has 1 aliphatic rings. The van der Waals surface area contributed by atoms with E-state index in [9.17, 15) is 57.7 Å². The number of alkyl halides is 8. The van der Waals surface area contributed by atoms with Gasteiger partial charge in [0.15, 0.2) is 11.5 Å². The molecule has 0 spiro atoms. The van der Waals surface area contributed by atoms with Gasteiger partial charge in [-0.2, -0.15) is 49.6 Å². The molecule has 2 amide bonds. The number of carbonyl (C=O) groups excluding carboxylic acids is 2. The van der Waals surface area contributed by atoms with Crippen molar-refractivity contribution in [3.05, 3.63) is 93.0 Å². The summed E-state index contributed by atoms with van der Waals surface area (Å²) >= 11 is 6.57. The molecular formula is C37H32ClF10N7O4S. The van der Waals surface area contributed by atoms with E-state index in [1.807, 2.05) is 0 Å². The molecular weight excluding hydrogens is 864 g/mol. The Bertz CT molecular complexity index is 2490. The number of carbonyl (C=O) groups is 2. The van der Waals surface area contributed by atoms with Crippen molar-refractivity contribution in [2.24, 2.45) is 0 Å². The Kier molecular flexibility index (Phi) is 12.3. The van der Waals surface area contributed by atoms with Gasteiger partial charge < -0.3 is 10.1 Å². The van der Waals surface area contributed by atoms with Crippen LogP contribution in [0.15, 0.2) is 42.5 Å². The zero-order valence-electron chi connectivity index (χ0n) is 31.5. The van der Waals surface area contributed by atoms with Gasteiger partial charge in [-0.15, -0.1) is 0 Å². The van der Waals surface area contributed by atoms with Gasteiger partial charge >= 0.3 is 18.4 Å². The summed E-state index contributed by atoms with van der Waals surface area (Å²) in [6.45, 7) is -0.0734. The van der Waals surface area contributed by atoms with E-state index in [1.165, 1.54) is 31.2 Å². The second-order valence-corrected chi connectivity index (χ2v) is 15.2. The van der Waals surface area contributed by atoms with Crippen LogP contribution in [0.4, 0.5) is 54.5 Å². The van der Waals surface area contributed by atoms with Gasteiger partial charge in [-0.25, -0.2) is 17.8 Å². The van der Waals surface area contributed by atoms with Gasteiger partial charge in [0.2, 0.25) is 5.91 Å². The highest BCUT2D eigenvalue weighted by molar-refractivity contribution is 7.86. The zero-order valence-corrected chi connectivity index (χ0v) is 33.0. The first-order valence-corrected chi connectivity index (χ1v) is 19.8. The van der Waals surface area contributed by atoms with E-state index in [2.05, 4.69) is 20.5 Å². The highest BCUT2D eigenvalue weighted by Gasteiger charge is 2.50. The summed E-state index contributed by atoms with van der Waals surface area (Å²) in [5.74, 6) is -7.64. The quantitative estimate of drug-likeness (QED) is 0.124. The van der Waals surface area contributed by atoms with Crippen molar-refractivity contribution in [1.29, 1.82) is 0 Å². The predicted molar refractivity (Wildman–Crippen MR) is 197 cm³/mol. The van der Waals surface area contributed by atoms with Crippen molar-refractivity contribution in [3.8, 4) is 11.1 Å². The van der Waals surface area contributed by atoms with Crippen LogP contribution < -0.4 is 9.62 Å². The summed E-state index contributed by atoms with van der Waals surface area (Å²) in [6, 6.07) is 6.22. The SMILES string of the molecule is CCOC(=O)N(c1nn(CC(F)(F)F)c2c(-c3ccc(CC)nc3C(Cc3cc(F)cc(F)c3)NC(=O)Cn3nc(C(F)(F)F)c4c3C(F)(F)CC4)ccc(Cl)c12)S(C)=O. The molecule has 3 aromatic heterocycles. The average molecular weight is 896 g/mol. The summed E-state index contributed by atoms with van der Waals surface area (Å²) in [5, 5.41) is 9.29. The number of halogens is 11. The molecule has 0 fully saturated rings. The number of pyridine rings is 1. The number of hydrogen-bond donors (Lipinski definition) is 1. The maximum Gasteiger partial charge on any atom is 0.435 e. The van der Waals surface area contributed by atoms with Crippen molar-refractivity contribution >= 4 is 51.3 Å². The van der Waals surface area contributed by atoms with E-state index in [0.29, 0.717) is 20.7 Å². The molecule has 0 aliphatic heterocycles. The van der Waals surface area contributed by atoms with E-state index in [-0.39, 0.29) is 56.0 Å². The first kappa shape index (κ1) is 44.3. The Morgan fingerprint density at radius 3 is 2.27 bits per heavy atom. The Morgan fingerprint density at radius 2 is 1.67 bits per heavy atom. The maximum absolute atomic E-state index is 15.0. The minimum absolute atomic E-state index is 0.0444. The third kappa shape index (κ3) is 9.08. The van der Waals surface area contributed by atoms with Crippen molar-refractivity contribution in [2.75, 3.05) is 17.2 Å². The highest BCUT2D eigenvalue weighted by Crippen LogP contribution is 2.47. The number of amides is 2. The number of aryl methyl sites for hydroxylation is 1. The van der Waals surface area contributed by atoms with Gasteiger partial charge in [-0.1, -0.05) is 30.7 Å². The fraction of sp³-hybridized carbons (Fsp3) is 0.378. The van der Waals surface area contributed by atoms with Gasteiger partial charge in [-0.05, 0) is 56.0 Å². The third-order valence-electron chi connectivity index (χ3n) is 9.35. The summed E-state index contributed by atoms with van der Waals surface area (Å²) in [7, 11) is -2.28. The summed E-state index contributed by atoms with van der Waals surface area (Å²) in [6.07, 6.45) is -12.2. The molecule has 0 saturated heterocycles. The number of nitrogens with one attached hydrogen (secondary N) is 1. The number of anilines is 1. The third-order valence-corrected chi connectivity index (χ3v) is 10.5. The summed E-state index contributed by atoms with van der Waals surface area (Å²) in [4.78, 5) is 31.4. The molecule has 11 nitrogen and oxygen atoms in total. The van der Waals surface area contributed by atoms with Crippen molar-refractivity contribution in [3.63, 3.8) is 0 Å². The van der Waals surface area contributed by atoms with Crippen molar-refractivity contribution in [2.45, 2.75) is 76.9 Å². The summed E-state index contributed by atoms with van der Waals surface area (Å²) < 4.78 is 162. The van der Waals surface area contributed by atoms with Gasteiger partial charge in [0.1, 0.15) is 41.4 Å². The molecule has 6 rings (SSSR count). The van der Waals surface area contributed by atoms with Crippen LogP contribution in [0.5, 0.6) is 0 Å². The Morgan fingerprint density at radius 1 is 1.00 bits per heavy atom. The number of aromatic nitrogens is 5. The second-order valence-electron chi connectivity index (χ2n) is 13.6. The molecule has 2 unspecified atom stereocenters. The van der Waals surface area contributed by atoms with Crippen LogP contribution in [-0.4, -0.2) is 59.8 Å². The largest absolute Gasteiger partial charge is 0.449 e. The van der Waals surface area contributed by atoms with Crippen LogP contribution in [-0.2, 0) is 65.0 Å². The van der Waals surface area contributed by atoms with Gasteiger partial charge in [0.05, 0.1) is 34.3 Å². The minimum Gasteiger partial charge on any atom is -0.449 e. The molecule has 1 N–H and O–H groups in total. The number of nitrogens with zero attached hydrogens (tertiary/aromatic N) is 6. The average Bonchev–Trinajstić information content (AvgIpc) is 3.78. The lowest BCUT2D eigenvalue weighted by molar-refractivity contribution is -0.142. The lowest BCUT2D eigenvalue weighted by Gasteiger charge is -2.23. The van der Waals surface area contributed by atoms with Crippen LogP contribution in [0.25, 0.3) is 22.0 Å². The topological polar surface area (TPSA) is 124 Å². The molecule has 3 heterocycles. The van der Waals surface area contributed by atoms with E-state index in [4.69, 9.17) is 16.3 Å². The Hall–Kier alpha value is -5.25. The molecule has 2 atom stereocenters. The molecule has 2 aromatic carbocycles. The van der Waals surface area contributed by atoms with Gasteiger partial charge in [0, 0.05) is 41.1 Å².